The van der Waals surface area contributed by atoms with Crippen LogP contribution in [0, 0.1) is 0 Å². The van der Waals surface area contributed by atoms with Gasteiger partial charge in [-0.25, -0.2) is 9.78 Å². The molecule has 0 bridgehead atoms. The standard InChI is InChI=1S/C12H14N2O2S/c1-3-8(2)17-11-10(12(15)16)14-7-5-4-6-9(14)13-11/h4-8H,3H2,1-2H3,(H,15,16). The van der Waals surface area contributed by atoms with E-state index in [-0.39, 0.29) is 5.69 Å². The molecule has 2 rings (SSSR count). The van der Waals surface area contributed by atoms with E-state index >= 15 is 0 Å². The number of thioether (sulfide) groups is 1. The molecule has 4 nitrogen and oxygen atoms in total. The number of carboxylic acids is 1. The fraction of sp³-hybridized carbons (Fsp3) is 0.333. The molecule has 5 heteroatoms. The van der Waals surface area contributed by atoms with Crippen molar-refractivity contribution in [3.05, 3.63) is 30.1 Å². The minimum atomic E-state index is -0.936. The van der Waals surface area contributed by atoms with Gasteiger partial charge in [-0.15, -0.1) is 11.8 Å². The number of hydrogen-bond acceptors (Lipinski definition) is 3. The molecule has 0 aliphatic heterocycles. The first-order valence-corrected chi connectivity index (χ1v) is 6.38. The molecule has 2 aromatic heterocycles. The topological polar surface area (TPSA) is 54.6 Å². The Morgan fingerprint density at radius 3 is 3.00 bits per heavy atom. The predicted molar refractivity (Wildman–Crippen MR) is 67.8 cm³/mol. The number of aromatic nitrogens is 2. The molecule has 0 aliphatic carbocycles. The van der Waals surface area contributed by atoms with Crippen LogP contribution in [0.15, 0.2) is 29.4 Å². The maximum Gasteiger partial charge on any atom is 0.355 e. The SMILES string of the molecule is CCC(C)Sc1nc2ccccn2c1C(=O)O. The summed E-state index contributed by atoms with van der Waals surface area (Å²) in [5, 5.41) is 10.2. The Hall–Kier alpha value is -1.49. The third kappa shape index (κ3) is 2.29. The third-order valence-corrected chi connectivity index (χ3v) is 3.83. The summed E-state index contributed by atoms with van der Waals surface area (Å²) in [4.78, 5) is 15.7. The van der Waals surface area contributed by atoms with Crippen LogP contribution in [-0.4, -0.2) is 25.7 Å². The Morgan fingerprint density at radius 2 is 2.35 bits per heavy atom. The second kappa shape index (κ2) is 4.79. The van der Waals surface area contributed by atoms with E-state index in [0.717, 1.165) is 6.42 Å². The minimum Gasteiger partial charge on any atom is -0.476 e. The fourth-order valence-corrected chi connectivity index (χ4v) is 2.52. The first kappa shape index (κ1) is 12.0. The van der Waals surface area contributed by atoms with Gasteiger partial charge in [-0.1, -0.05) is 19.9 Å². The number of carbonyl (C=O) groups is 1. The molecule has 0 spiro atoms. The summed E-state index contributed by atoms with van der Waals surface area (Å²) in [5.74, 6) is -0.936. The number of imidazole rings is 1. The molecule has 90 valence electrons. The van der Waals surface area contributed by atoms with Gasteiger partial charge in [0.15, 0.2) is 5.69 Å². The number of pyridine rings is 1. The van der Waals surface area contributed by atoms with Gasteiger partial charge in [0.25, 0.3) is 0 Å². The lowest BCUT2D eigenvalue weighted by Gasteiger charge is -2.05. The van der Waals surface area contributed by atoms with Gasteiger partial charge < -0.3 is 5.11 Å². The summed E-state index contributed by atoms with van der Waals surface area (Å²) in [6.07, 6.45) is 2.71. The van der Waals surface area contributed by atoms with Crippen molar-refractivity contribution in [3.63, 3.8) is 0 Å². The summed E-state index contributed by atoms with van der Waals surface area (Å²) in [5.41, 5.74) is 0.932. The van der Waals surface area contributed by atoms with Gasteiger partial charge in [-0.3, -0.25) is 4.40 Å². The van der Waals surface area contributed by atoms with Crippen LogP contribution in [0.1, 0.15) is 30.8 Å². The molecule has 0 aliphatic rings. The van der Waals surface area contributed by atoms with E-state index in [1.807, 2.05) is 12.1 Å². The number of fused-ring (bicyclic) bond motifs is 1. The number of rotatable bonds is 4. The second-order valence-electron chi connectivity index (χ2n) is 3.84. The predicted octanol–water partition coefficient (Wildman–Crippen LogP) is 2.92. The molecule has 1 N–H and O–H groups in total. The fourth-order valence-electron chi connectivity index (χ4n) is 1.52. The highest BCUT2D eigenvalue weighted by Crippen LogP contribution is 2.28. The first-order valence-electron chi connectivity index (χ1n) is 5.50. The Morgan fingerprint density at radius 1 is 1.59 bits per heavy atom. The molecule has 0 amide bonds. The highest BCUT2D eigenvalue weighted by molar-refractivity contribution is 7.99. The maximum absolute atomic E-state index is 11.3. The van der Waals surface area contributed by atoms with Crippen LogP contribution < -0.4 is 0 Å². The van der Waals surface area contributed by atoms with Gasteiger partial charge in [-0.05, 0) is 18.6 Å². The van der Waals surface area contributed by atoms with E-state index in [0.29, 0.717) is 15.9 Å². The molecular formula is C12H14N2O2S. The van der Waals surface area contributed by atoms with Crippen molar-refractivity contribution in [3.8, 4) is 0 Å². The van der Waals surface area contributed by atoms with Gasteiger partial charge >= 0.3 is 5.97 Å². The van der Waals surface area contributed by atoms with Crippen molar-refractivity contribution in [2.75, 3.05) is 0 Å². The Bertz CT molecular complexity index is 550. The van der Waals surface area contributed by atoms with Crippen LogP contribution in [-0.2, 0) is 0 Å². The smallest absolute Gasteiger partial charge is 0.355 e. The monoisotopic (exact) mass is 250 g/mol. The zero-order valence-corrected chi connectivity index (χ0v) is 10.6. The van der Waals surface area contributed by atoms with Gasteiger partial charge in [0.2, 0.25) is 0 Å². The van der Waals surface area contributed by atoms with Crippen LogP contribution in [0.2, 0.25) is 0 Å². The maximum atomic E-state index is 11.3. The van der Waals surface area contributed by atoms with Crippen LogP contribution >= 0.6 is 11.8 Å². The van der Waals surface area contributed by atoms with Crippen LogP contribution in [0.25, 0.3) is 5.65 Å². The van der Waals surface area contributed by atoms with Crippen LogP contribution in [0.4, 0.5) is 0 Å². The molecule has 0 saturated heterocycles. The van der Waals surface area contributed by atoms with Gasteiger partial charge in [0.05, 0.1) is 0 Å². The second-order valence-corrected chi connectivity index (χ2v) is 5.26. The molecule has 0 radical (unpaired) electrons. The van der Waals surface area contributed by atoms with E-state index in [4.69, 9.17) is 0 Å². The lowest BCUT2D eigenvalue weighted by Crippen LogP contribution is -2.04. The van der Waals surface area contributed by atoms with Crippen molar-refractivity contribution in [2.24, 2.45) is 0 Å². The lowest BCUT2D eigenvalue weighted by molar-refractivity contribution is 0.0685. The lowest BCUT2D eigenvalue weighted by atomic mass is 10.4. The van der Waals surface area contributed by atoms with Crippen molar-refractivity contribution < 1.29 is 9.90 Å². The highest BCUT2D eigenvalue weighted by Gasteiger charge is 2.19. The average molecular weight is 250 g/mol. The Labute approximate surface area is 104 Å². The number of hydrogen-bond donors (Lipinski definition) is 1. The summed E-state index contributed by atoms with van der Waals surface area (Å²) in [6, 6.07) is 5.47. The van der Waals surface area contributed by atoms with E-state index in [2.05, 4.69) is 18.8 Å². The third-order valence-electron chi connectivity index (χ3n) is 2.59. The van der Waals surface area contributed by atoms with Crippen LogP contribution in [0.3, 0.4) is 0 Å². The average Bonchev–Trinajstić information content (AvgIpc) is 2.66. The Balaban J connectivity index is 2.54. The molecule has 17 heavy (non-hydrogen) atoms. The van der Waals surface area contributed by atoms with Crippen molar-refractivity contribution in [1.29, 1.82) is 0 Å². The van der Waals surface area contributed by atoms with Gasteiger partial charge in [-0.2, -0.15) is 0 Å². The summed E-state index contributed by atoms with van der Waals surface area (Å²) in [7, 11) is 0. The molecule has 1 unspecified atom stereocenters. The van der Waals surface area contributed by atoms with E-state index in [9.17, 15) is 9.90 Å². The quantitative estimate of drug-likeness (QED) is 0.848. The number of aromatic carboxylic acids is 1. The van der Waals surface area contributed by atoms with Gasteiger partial charge in [0.1, 0.15) is 10.7 Å². The Kier molecular flexibility index (Phi) is 3.38. The molecule has 1 atom stereocenters. The largest absolute Gasteiger partial charge is 0.476 e. The minimum absolute atomic E-state index is 0.255. The van der Waals surface area contributed by atoms with Crippen LogP contribution in [0.5, 0.6) is 0 Å². The van der Waals surface area contributed by atoms with E-state index in [1.54, 1.807) is 16.7 Å². The molecule has 2 heterocycles. The molecule has 0 fully saturated rings. The van der Waals surface area contributed by atoms with Crippen molar-refractivity contribution in [1.82, 2.24) is 9.38 Å². The van der Waals surface area contributed by atoms with E-state index < -0.39 is 5.97 Å². The first-order chi connectivity index (χ1) is 8.13. The van der Waals surface area contributed by atoms with Gasteiger partial charge in [0, 0.05) is 11.4 Å². The number of nitrogens with zero attached hydrogens (tertiary/aromatic N) is 2. The molecule has 2 aromatic rings. The zero-order valence-electron chi connectivity index (χ0n) is 9.75. The van der Waals surface area contributed by atoms with E-state index in [1.165, 1.54) is 11.8 Å². The van der Waals surface area contributed by atoms with Crippen molar-refractivity contribution >= 4 is 23.4 Å². The highest BCUT2D eigenvalue weighted by atomic mass is 32.2. The molecule has 0 saturated carbocycles. The number of carboxylic acid groups (broad SMARTS) is 1. The zero-order chi connectivity index (χ0) is 12.4. The summed E-state index contributed by atoms with van der Waals surface area (Å²) in [6.45, 7) is 4.15. The van der Waals surface area contributed by atoms with Crippen molar-refractivity contribution in [2.45, 2.75) is 30.5 Å². The summed E-state index contributed by atoms with van der Waals surface area (Å²) >= 11 is 1.51. The normalized spacial score (nSPS) is 12.8. The molecular weight excluding hydrogens is 236 g/mol. The molecule has 0 aromatic carbocycles. The summed E-state index contributed by atoms with van der Waals surface area (Å²) < 4.78 is 1.62.